The first kappa shape index (κ1) is 19.2. The summed E-state index contributed by atoms with van der Waals surface area (Å²) in [5.74, 6) is -1.22. The number of hydrogen-bond donors (Lipinski definition) is 1. The van der Waals surface area contributed by atoms with Gasteiger partial charge in [0.05, 0.1) is 5.56 Å². The van der Waals surface area contributed by atoms with E-state index in [1.807, 2.05) is 30.3 Å². The molecule has 2 aromatic carbocycles. The second-order valence-corrected chi connectivity index (χ2v) is 5.32. The summed E-state index contributed by atoms with van der Waals surface area (Å²) >= 11 is 0. The summed E-state index contributed by atoms with van der Waals surface area (Å²) in [6.07, 6.45) is -2.05. The Balaban J connectivity index is 1.75. The number of nitrogens with one attached hydrogen (secondary N) is 1. The Morgan fingerprint density at radius 1 is 1.00 bits per heavy atom. The van der Waals surface area contributed by atoms with E-state index in [2.05, 4.69) is 5.32 Å². The first-order valence-electron chi connectivity index (χ1n) is 7.67. The van der Waals surface area contributed by atoms with Crippen LogP contribution < -0.4 is 5.32 Å². The number of benzene rings is 2. The highest BCUT2D eigenvalue weighted by atomic mass is 19.4. The van der Waals surface area contributed by atoms with Gasteiger partial charge in [0.2, 0.25) is 0 Å². The molecule has 2 rings (SSSR count). The van der Waals surface area contributed by atoms with Crippen molar-refractivity contribution in [3.63, 3.8) is 0 Å². The molecule has 0 unspecified atom stereocenters. The molecule has 4 nitrogen and oxygen atoms in total. The molecule has 1 N–H and O–H groups in total. The van der Waals surface area contributed by atoms with E-state index in [-0.39, 0.29) is 0 Å². The van der Waals surface area contributed by atoms with Crippen molar-refractivity contribution < 1.29 is 27.5 Å². The third-order valence-electron chi connectivity index (χ3n) is 3.33. The lowest BCUT2D eigenvalue weighted by Gasteiger charge is -2.06. The van der Waals surface area contributed by atoms with E-state index >= 15 is 0 Å². The van der Waals surface area contributed by atoms with Crippen LogP contribution in [0.25, 0.3) is 6.08 Å². The fourth-order valence-electron chi connectivity index (χ4n) is 1.98. The average molecular weight is 363 g/mol. The predicted octanol–water partition coefficient (Wildman–Crippen LogP) is 3.58. The maximum atomic E-state index is 12.5. The molecule has 0 saturated carbocycles. The molecule has 0 spiro atoms. The van der Waals surface area contributed by atoms with Crippen molar-refractivity contribution >= 4 is 18.0 Å². The van der Waals surface area contributed by atoms with Crippen LogP contribution in [0.5, 0.6) is 0 Å². The molecule has 0 atom stereocenters. The molecule has 7 heteroatoms. The molecule has 0 aliphatic heterocycles. The monoisotopic (exact) mass is 363 g/mol. The fourth-order valence-corrected chi connectivity index (χ4v) is 1.98. The predicted molar refractivity (Wildman–Crippen MR) is 89.7 cm³/mol. The van der Waals surface area contributed by atoms with E-state index in [0.717, 1.165) is 23.8 Å². The minimum absolute atomic E-state index is 0.318. The topological polar surface area (TPSA) is 55.4 Å². The zero-order valence-electron chi connectivity index (χ0n) is 13.6. The highest BCUT2D eigenvalue weighted by molar-refractivity contribution is 5.89. The van der Waals surface area contributed by atoms with E-state index in [9.17, 15) is 22.8 Å². The van der Waals surface area contributed by atoms with Crippen molar-refractivity contribution in [2.24, 2.45) is 0 Å². The maximum Gasteiger partial charge on any atom is 0.416 e. The van der Waals surface area contributed by atoms with Crippen LogP contribution in [0.3, 0.4) is 0 Å². The van der Waals surface area contributed by atoms with Gasteiger partial charge in [-0.05, 0) is 29.3 Å². The molecule has 0 heterocycles. The molecule has 136 valence electrons. The highest BCUT2D eigenvalue weighted by Gasteiger charge is 2.29. The Labute approximate surface area is 148 Å². The summed E-state index contributed by atoms with van der Waals surface area (Å²) in [5, 5.41) is 2.60. The molecule has 0 aromatic heterocycles. The SMILES string of the molecule is O=C(COC(=O)C=Cc1ccc(C(F)(F)F)cc1)NCc1ccccc1. The second kappa shape index (κ2) is 8.84. The van der Waals surface area contributed by atoms with Crippen molar-refractivity contribution in [1.82, 2.24) is 5.32 Å². The number of amides is 1. The number of ether oxygens (including phenoxy) is 1. The number of halogens is 3. The molecule has 0 aliphatic carbocycles. The molecule has 0 saturated heterocycles. The lowest BCUT2D eigenvalue weighted by atomic mass is 10.1. The maximum absolute atomic E-state index is 12.5. The van der Waals surface area contributed by atoms with Crippen LogP contribution in [0.15, 0.2) is 60.7 Å². The van der Waals surface area contributed by atoms with Crippen LogP contribution in [0.2, 0.25) is 0 Å². The fraction of sp³-hybridized carbons (Fsp3) is 0.158. The first-order chi connectivity index (χ1) is 12.3. The van der Waals surface area contributed by atoms with Crippen LogP contribution in [-0.2, 0) is 27.0 Å². The van der Waals surface area contributed by atoms with Crippen LogP contribution in [-0.4, -0.2) is 18.5 Å². The molecule has 0 bridgehead atoms. The zero-order valence-corrected chi connectivity index (χ0v) is 13.6. The Bertz CT molecular complexity index is 769. The number of rotatable bonds is 6. The highest BCUT2D eigenvalue weighted by Crippen LogP contribution is 2.29. The van der Waals surface area contributed by atoms with Crippen LogP contribution in [0, 0.1) is 0 Å². The quantitative estimate of drug-likeness (QED) is 0.631. The van der Waals surface area contributed by atoms with Gasteiger partial charge >= 0.3 is 12.1 Å². The van der Waals surface area contributed by atoms with E-state index < -0.39 is 30.2 Å². The lowest BCUT2D eigenvalue weighted by Crippen LogP contribution is -2.28. The second-order valence-electron chi connectivity index (χ2n) is 5.32. The van der Waals surface area contributed by atoms with Crippen molar-refractivity contribution in [3.8, 4) is 0 Å². The minimum Gasteiger partial charge on any atom is -0.452 e. The van der Waals surface area contributed by atoms with Gasteiger partial charge in [-0.2, -0.15) is 13.2 Å². The van der Waals surface area contributed by atoms with E-state index in [1.165, 1.54) is 18.2 Å². The standard InChI is InChI=1S/C19H16F3NO3/c20-19(21,22)16-9-6-14(7-10-16)8-11-18(25)26-13-17(24)23-12-15-4-2-1-3-5-15/h1-11H,12-13H2,(H,23,24). The van der Waals surface area contributed by atoms with Gasteiger partial charge in [-0.1, -0.05) is 42.5 Å². The third-order valence-corrected chi connectivity index (χ3v) is 3.33. The molecule has 0 aliphatic rings. The average Bonchev–Trinajstić information content (AvgIpc) is 2.63. The van der Waals surface area contributed by atoms with Gasteiger partial charge in [0.25, 0.3) is 5.91 Å². The van der Waals surface area contributed by atoms with E-state index in [0.29, 0.717) is 12.1 Å². The van der Waals surface area contributed by atoms with Gasteiger partial charge < -0.3 is 10.1 Å². The normalized spacial score (nSPS) is 11.3. The molecule has 0 fully saturated rings. The summed E-state index contributed by atoms with van der Waals surface area (Å²) < 4.78 is 42.1. The van der Waals surface area contributed by atoms with Gasteiger partial charge in [-0.3, -0.25) is 4.79 Å². The van der Waals surface area contributed by atoms with Gasteiger partial charge in [0.1, 0.15) is 0 Å². The van der Waals surface area contributed by atoms with Crippen LogP contribution in [0.4, 0.5) is 13.2 Å². The van der Waals surface area contributed by atoms with Crippen molar-refractivity contribution in [2.75, 3.05) is 6.61 Å². The van der Waals surface area contributed by atoms with Crippen molar-refractivity contribution in [3.05, 3.63) is 77.4 Å². The Morgan fingerprint density at radius 2 is 1.65 bits per heavy atom. The Kier molecular flexibility index (Phi) is 6.54. The summed E-state index contributed by atoms with van der Waals surface area (Å²) in [7, 11) is 0. The molecule has 1 amide bonds. The first-order valence-corrected chi connectivity index (χ1v) is 7.67. The Hall–Kier alpha value is -3.09. The molecule has 2 aromatic rings. The molecule has 0 radical (unpaired) electrons. The number of carbonyl (C=O) groups is 2. The van der Waals surface area contributed by atoms with Gasteiger partial charge in [0, 0.05) is 12.6 Å². The van der Waals surface area contributed by atoms with Crippen molar-refractivity contribution in [1.29, 1.82) is 0 Å². The van der Waals surface area contributed by atoms with E-state index in [1.54, 1.807) is 0 Å². The lowest BCUT2D eigenvalue weighted by molar-refractivity contribution is -0.143. The zero-order chi connectivity index (χ0) is 19.0. The number of hydrogen-bond acceptors (Lipinski definition) is 3. The summed E-state index contributed by atoms with van der Waals surface area (Å²) in [6, 6.07) is 13.5. The van der Waals surface area contributed by atoms with Gasteiger partial charge in [-0.25, -0.2) is 4.79 Å². The van der Waals surface area contributed by atoms with Gasteiger partial charge in [-0.15, -0.1) is 0 Å². The number of esters is 1. The summed E-state index contributed by atoms with van der Waals surface area (Å²) in [6.45, 7) is -0.123. The number of carbonyl (C=O) groups excluding carboxylic acids is 2. The molecule has 26 heavy (non-hydrogen) atoms. The molecular weight excluding hydrogens is 347 g/mol. The minimum atomic E-state index is -4.41. The number of alkyl halides is 3. The third kappa shape index (κ3) is 6.43. The molecular formula is C19H16F3NO3. The van der Waals surface area contributed by atoms with Gasteiger partial charge in [0.15, 0.2) is 6.61 Å². The smallest absolute Gasteiger partial charge is 0.416 e. The van der Waals surface area contributed by atoms with E-state index in [4.69, 9.17) is 4.74 Å². The van der Waals surface area contributed by atoms with Crippen LogP contribution in [0.1, 0.15) is 16.7 Å². The van der Waals surface area contributed by atoms with Crippen LogP contribution >= 0.6 is 0 Å². The summed E-state index contributed by atoms with van der Waals surface area (Å²) in [4.78, 5) is 23.2. The van der Waals surface area contributed by atoms with Crippen molar-refractivity contribution in [2.45, 2.75) is 12.7 Å². The Morgan fingerprint density at radius 3 is 2.27 bits per heavy atom. The summed E-state index contributed by atoms with van der Waals surface area (Å²) in [5.41, 5.74) is 0.546. The largest absolute Gasteiger partial charge is 0.452 e.